The number of imidazole rings is 1. The van der Waals surface area contributed by atoms with Crippen molar-refractivity contribution >= 4 is 49.3 Å². The van der Waals surface area contributed by atoms with Crippen molar-refractivity contribution in [3.05, 3.63) is 40.2 Å². The van der Waals surface area contributed by atoms with E-state index >= 15 is 0 Å². The lowest BCUT2D eigenvalue weighted by atomic mass is 9.80. The lowest BCUT2D eigenvalue weighted by Crippen LogP contribution is -2.41. The molecule has 3 aromatic rings. The second kappa shape index (κ2) is 8.75. The third kappa shape index (κ3) is 4.28. The number of nitrogens with two attached hydrogens (primary N) is 1. The number of fused-ring (bicyclic) bond motifs is 2. The number of hydrogen-bond donors (Lipinski definition) is 5. The van der Waals surface area contributed by atoms with Gasteiger partial charge in [-0.25, -0.2) is 4.98 Å². The number of anilines is 1. The third-order valence-corrected chi connectivity index (χ3v) is 7.36. The average Bonchev–Trinajstić information content (AvgIpc) is 3.29. The summed E-state index contributed by atoms with van der Waals surface area (Å²) in [5.41, 5.74) is 6.09. The third-order valence-electron chi connectivity index (χ3n) is 5.37. The number of thioether (sulfide) groups is 1. The average molecular weight is 511 g/mol. The molecule has 0 aliphatic carbocycles. The van der Waals surface area contributed by atoms with Gasteiger partial charge in [0.05, 0.1) is 6.61 Å². The SMILES string of the molecule is Nc1nc2c(nc(SCc3cccc(B(O)O)c3)n2[C@@H]2OC3COP(=O)([O-])O[C@H]3C2O)c(=O)[nH]1.[H+]. The summed E-state index contributed by atoms with van der Waals surface area (Å²) in [6.07, 6.45) is -4.78. The molecule has 6 N–H and O–H groups in total. The van der Waals surface area contributed by atoms with Crippen molar-refractivity contribution in [3.8, 4) is 0 Å². The molecule has 14 nitrogen and oxygen atoms in total. The van der Waals surface area contributed by atoms with E-state index in [1.54, 1.807) is 24.3 Å². The molecule has 5 rings (SSSR count). The van der Waals surface area contributed by atoms with Crippen LogP contribution in [0.4, 0.5) is 5.95 Å². The minimum atomic E-state index is -4.59. The number of aliphatic hydroxyl groups excluding tert-OH is 1. The van der Waals surface area contributed by atoms with Gasteiger partial charge in [-0.05, 0) is 11.0 Å². The normalized spacial score (nSPS) is 28.8. The molecule has 1 aromatic carbocycles. The Balaban J connectivity index is 0.00000289. The highest BCUT2D eigenvalue weighted by Gasteiger charge is 2.51. The molecule has 180 valence electrons. The molecule has 0 radical (unpaired) electrons. The minimum Gasteiger partial charge on any atom is -0.756 e. The monoisotopic (exact) mass is 511 g/mol. The summed E-state index contributed by atoms with van der Waals surface area (Å²) in [4.78, 5) is 35.0. The second-order valence-electron chi connectivity index (χ2n) is 7.66. The largest absolute Gasteiger partial charge is 1.00 e. The Morgan fingerprint density at radius 3 is 2.97 bits per heavy atom. The fourth-order valence-corrected chi connectivity index (χ4v) is 5.75. The Morgan fingerprint density at radius 1 is 1.41 bits per heavy atom. The van der Waals surface area contributed by atoms with Crippen LogP contribution < -0.4 is 21.6 Å². The van der Waals surface area contributed by atoms with Crippen LogP contribution >= 0.6 is 19.6 Å². The lowest BCUT2D eigenvalue weighted by Gasteiger charge is -2.34. The van der Waals surface area contributed by atoms with Gasteiger partial charge in [0.15, 0.2) is 22.5 Å². The number of benzene rings is 1. The van der Waals surface area contributed by atoms with Crippen LogP contribution in [-0.4, -0.2) is 66.7 Å². The maximum atomic E-state index is 12.4. The van der Waals surface area contributed by atoms with Crippen molar-refractivity contribution in [2.24, 2.45) is 0 Å². The van der Waals surface area contributed by atoms with Crippen LogP contribution in [0.5, 0.6) is 0 Å². The number of hydrogen-bond acceptors (Lipinski definition) is 13. The molecule has 0 spiro atoms. The first kappa shape index (κ1) is 23.5. The summed E-state index contributed by atoms with van der Waals surface area (Å²) in [6.45, 7) is -0.347. The predicted molar refractivity (Wildman–Crippen MR) is 118 cm³/mol. The molecule has 3 unspecified atom stereocenters. The molecule has 0 saturated carbocycles. The quantitative estimate of drug-likeness (QED) is 0.141. The number of aliphatic hydroxyl groups is 1. The summed E-state index contributed by atoms with van der Waals surface area (Å²) in [7, 11) is -6.22. The molecular formula is C17H19BN5O9PS. The Hall–Kier alpha value is -2.27. The molecule has 17 heteroatoms. The summed E-state index contributed by atoms with van der Waals surface area (Å²) in [6, 6.07) is 6.58. The molecule has 4 heterocycles. The van der Waals surface area contributed by atoms with E-state index < -0.39 is 45.0 Å². The van der Waals surface area contributed by atoms with Crippen molar-refractivity contribution in [2.45, 2.75) is 35.4 Å². The smallest absolute Gasteiger partial charge is 0.756 e. The number of nitrogens with zero attached hydrogens (tertiary/aromatic N) is 3. The van der Waals surface area contributed by atoms with E-state index in [0.29, 0.717) is 11.2 Å². The highest BCUT2D eigenvalue weighted by atomic mass is 32.2. The molecular weight excluding hydrogens is 492 g/mol. The van der Waals surface area contributed by atoms with Gasteiger partial charge in [0, 0.05) is 5.75 Å². The predicted octanol–water partition coefficient (Wildman–Crippen LogP) is -2.07. The van der Waals surface area contributed by atoms with Crippen LogP contribution in [0.25, 0.3) is 11.2 Å². The lowest BCUT2D eigenvalue weighted by molar-refractivity contribution is -0.245. The summed E-state index contributed by atoms with van der Waals surface area (Å²) >= 11 is 1.16. The minimum absolute atomic E-state index is 0. The van der Waals surface area contributed by atoms with E-state index in [9.17, 15) is 29.4 Å². The van der Waals surface area contributed by atoms with E-state index in [1.165, 1.54) is 4.57 Å². The molecule has 2 aliphatic heterocycles. The van der Waals surface area contributed by atoms with Crippen molar-refractivity contribution in [3.63, 3.8) is 0 Å². The van der Waals surface area contributed by atoms with Crippen molar-refractivity contribution < 1.29 is 39.8 Å². The fraction of sp³-hybridized carbons (Fsp3) is 0.353. The number of aromatic amines is 1. The number of rotatable bonds is 5. The molecule has 2 aliphatic rings. The number of phosphoric ester groups is 1. The second-order valence-corrected chi connectivity index (χ2v) is 9.97. The van der Waals surface area contributed by atoms with Crippen LogP contribution in [0.3, 0.4) is 0 Å². The first-order valence-corrected chi connectivity index (χ1v) is 12.4. The highest BCUT2D eigenvalue weighted by molar-refractivity contribution is 7.98. The van der Waals surface area contributed by atoms with Gasteiger partial charge < -0.3 is 39.6 Å². The number of nitrogens with one attached hydrogen (secondary N) is 1. The first-order chi connectivity index (χ1) is 16.1. The zero-order chi connectivity index (χ0) is 24.2. The van der Waals surface area contributed by atoms with Crippen LogP contribution in [0.2, 0.25) is 0 Å². The number of aromatic nitrogens is 4. The molecule has 2 saturated heterocycles. The molecule has 34 heavy (non-hydrogen) atoms. The standard InChI is InChI=1S/C17H19BN5O9PS/c19-16-21-13-10(14(25)22-16)20-17(34-6-7-2-1-3-8(4-7)18(26)27)23(13)15-11(24)12-9(31-15)5-30-33(28,29)32-12/h1-4,9,11-12,15,24,26-27H,5-6H2,(H,28,29)(H3,19,21,22,25)/t9?,11?,12-,15-/m1/s1. The number of nitrogen functional groups attached to an aromatic ring is 1. The Labute approximate surface area is 196 Å². The first-order valence-electron chi connectivity index (χ1n) is 9.96. The van der Waals surface area contributed by atoms with Gasteiger partial charge in [-0.2, -0.15) is 4.98 Å². The number of phosphoric acid groups is 1. The summed E-state index contributed by atoms with van der Waals surface area (Å²) in [5.74, 6) is 0.107. The Kier molecular flexibility index (Phi) is 6.04. The van der Waals surface area contributed by atoms with Gasteiger partial charge in [0.25, 0.3) is 13.4 Å². The van der Waals surface area contributed by atoms with E-state index in [1.807, 2.05) is 0 Å². The molecule has 0 bridgehead atoms. The van der Waals surface area contributed by atoms with E-state index in [0.717, 1.165) is 17.3 Å². The van der Waals surface area contributed by atoms with Crippen molar-refractivity contribution in [2.75, 3.05) is 12.3 Å². The number of ether oxygens (including phenoxy) is 1. The van der Waals surface area contributed by atoms with Gasteiger partial charge in [0.2, 0.25) is 5.95 Å². The van der Waals surface area contributed by atoms with E-state index in [-0.39, 0.29) is 30.3 Å². The zero-order valence-corrected chi connectivity index (χ0v) is 18.9. The molecule has 0 amide bonds. The van der Waals surface area contributed by atoms with Crippen LogP contribution in [0, 0.1) is 0 Å². The van der Waals surface area contributed by atoms with Crippen LogP contribution in [0.15, 0.2) is 34.2 Å². The van der Waals surface area contributed by atoms with E-state index in [2.05, 4.69) is 19.5 Å². The zero-order valence-electron chi connectivity index (χ0n) is 18.2. The highest BCUT2D eigenvalue weighted by Crippen LogP contribution is 2.50. The maximum Gasteiger partial charge on any atom is 1.00 e. The van der Waals surface area contributed by atoms with Gasteiger partial charge in [0.1, 0.15) is 18.3 Å². The van der Waals surface area contributed by atoms with Crippen LogP contribution in [-0.2, 0) is 24.1 Å². The van der Waals surface area contributed by atoms with Gasteiger partial charge >= 0.3 is 8.55 Å². The van der Waals surface area contributed by atoms with Crippen molar-refractivity contribution in [1.82, 2.24) is 19.5 Å². The summed E-state index contributed by atoms with van der Waals surface area (Å²) < 4.78 is 28.5. The summed E-state index contributed by atoms with van der Waals surface area (Å²) in [5, 5.41) is 29.9. The Morgan fingerprint density at radius 2 is 2.21 bits per heavy atom. The maximum absolute atomic E-state index is 12.4. The van der Waals surface area contributed by atoms with Gasteiger partial charge in [-0.3, -0.25) is 18.9 Å². The van der Waals surface area contributed by atoms with Gasteiger partial charge in [-0.1, -0.05) is 36.0 Å². The van der Waals surface area contributed by atoms with Crippen LogP contribution in [0.1, 0.15) is 13.2 Å². The van der Waals surface area contributed by atoms with E-state index in [4.69, 9.17) is 15.0 Å². The molecule has 2 fully saturated rings. The number of H-pyrrole nitrogens is 1. The van der Waals surface area contributed by atoms with Gasteiger partial charge in [-0.15, -0.1) is 0 Å². The topological polar surface area (TPSA) is 218 Å². The van der Waals surface area contributed by atoms with Crippen molar-refractivity contribution in [1.29, 1.82) is 0 Å². The molecule has 5 atom stereocenters. The Bertz CT molecular complexity index is 1360. The fourth-order valence-electron chi connectivity index (χ4n) is 3.84. The molecule has 2 aromatic heterocycles.